The van der Waals surface area contributed by atoms with Crippen molar-refractivity contribution in [3.05, 3.63) is 34.5 Å². The number of nitrogens with two attached hydrogens (primary N) is 1. The Bertz CT molecular complexity index is 1870. The number of aliphatic carboxylic acids is 1. The Labute approximate surface area is 351 Å². The van der Waals surface area contributed by atoms with Gasteiger partial charge < -0.3 is 40.0 Å². The second-order valence-electron chi connectivity index (χ2n) is 17.5. The number of rotatable bonds is 20. The molecule has 1 aromatic carbocycles. The zero-order valence-corrected chi connectivity index (χ0v) is 35.1. The summed E-state index contributed by atoms with van der Waals surface area (Å²) in [7, 11) is 0. The minimum Gasteiger partial charge on any atom is -0.491 e. The molecule has 5 aliphatic rings. The molecule has 0 radical (unpaired) electrons. The molecule has 2 aliphatic heterocycles. The molecule has 1 aromatic heterocycles. The number of carboxylic acids is 1. The van der Waals surface area contributed by atoms with Crippen LogP contribution in [-0.2, 0) is 23.9 Å². The lowest BCUT2D eigenvalue weighted by atomic mass is 10.0. The largest absolute Gasteiger partial charge is 0.491 e. The van der Waals surface area contributed by atoms with Crippen molar-refractivity contribution < 1.29 is 43.2 Å². The fourth-order valence-electron chi connectivity index (χ4n) is 9.19. The van der Waals surface area contributed by atoms with E-state index in [9.17, 15) is 24.3 Å². The molecule has 2 saturated heterocycles. The molecular formula is C44H60ClN5O9. The summed E-state index contributed by atoms with van der Waals surface area (Å²) >= 11 is 6.96. The summed E-state index contributed by atoms with van der Waals surface area (Å²) in [5, 5.41) is 13.1. The van der Waals surface area contributed by atoms with Gasteiger partial charge in [-0.25, -0.2) is 9.78 Å². The first-order valence-electron chi connectivity index (χ1n) is 21.6. The molecule has 59 heavy (non-hydrogen) atoms. The monoisotopic (exact) mass is 837 g/mol. The van der Waals surface area contributed by atoms with E-state index in [4.69, 9.17) is 41.3 Å². The van der Waals surface area contributed by atoms with Crippen LogP contribution in [0.1, 0.15) is 96.6 Å². The number of fused-ring (bicyclic) bond motifs is 2. The van der Waals surface area contributed by atoms with Crippen molar-refractivity contribution >= 4 is 52.5 Å². The lowest BCUT2D eigenvalue weighted by Gasteiger charge is -2.28. The van der Waals surface area contributed by atoms with E-state index in [0.29, 0.717) is 83.5 Å². The van der Waals surface area contributed by atoms with E-state index < -0.39 is 42.1 Å². The Hall–Kier alpha value is -4.14. The Morgan fingerprint density at radius 1 is 1.00 bits per heavy atom. The molecule has 8 atom stereocenters. The van der Waals surface area contributed by atoms with E-state index in [1.807, 2.05) is 38.1 Å². The summed E-state index contributed by atoms with van der Waals surface area (Å²) < 4.78 is 24.0. The van der Waals surface area contributed by atoms with E-state index in [1.165, 1.54) is 11.3 Å². The van der Waals surface area contributed by atoms with Crippen LogP contribution in [0.3, 0.4) is 0 Å². The number of unbranched alkanes of at least 4 members (excludes halogenated alkanes) is 4. The van der Waals surface area contributed by atoms with Crippen molar-refractivity contribution in [2.45, 2.75) is 115 Å². The fraction of sp³-hybridized carbons (Fsp3) is 0.659. The van der Waals surface area contributed by atoms with Crippen LogP contribution in [-0.4, -0.2) is 114 Å². The number of alkyl carbamates (subject to hydrolysis) is 1. The third-order valence-corrected chi connectivity index (χ3v) is 13.0. The highest BCUT2D eigenvalue weighted by molar-refractivity contribution is 6.36. The first-order valence-corrected chi connectivity index (χ1v) is 22.0. The molecule has 3 saturated carbocycles. The minimum atomic E-state index is -0.938. The maximum atomic E-state index is 14.4. The van der Waals surface area contributed by atoms with Gasteiger partial charge in [-0.2, -0.15) is 0 Å². The number of amides is 3. The fourth-order valence-corrected chi connectivity index (χ4v) is 9.45. The van der Waals surface area contributed by atoms with Crippen molar-refractivity contribution in [2.75, 3.05) is 46.0 Å². The summed E-state index contributed by atoms with van der Waals surface area (Å²) in [6.07, 6.45) is 10.1. The Morgan fingerprint density at radius 3 is 2.46 bits per heavy atom. The predicted octanol–water partition coefficient (Wildman–Crippen LogP) is 6.20. The molecular weight excluding hydrogens is 778 g/mol. The number of halogens is 1. The van der Waals surface area contributed by atoms with Crippen LogP contribution in [0.4, 0.5) is 4.79 Å². The Kier molecular flexibility index (Phi) is 14.2. The van der Waals surface area contributed by atoms with Gasteiger partial charge in [-0.3, -0.25) is 19.3 Å². The molecule has 1 unspecified atom stereocenters. The summed E-state index contributed by atoms with van der Waals surface area (Å²) in [4.78, 5) is 60.2. The molecule has 4 N–H and O–H groups in total. The maximum Gasteiger partial charge on any atom is 0.408 e. The Morgan fingerprint density at radius 2 is 1.75 bits per heavy atom. The van der Waals surface area contributed by atoms with E-state index >= 15 is 0 Å². The maximum absolute atomic E-state index is 14.4. The van der Waals surface area contributed by atoms with Crippen LogP contribution in [0.25, 0.3) is 17.0 Å². The Balaban J connectivity index is 1.02. The zero-order valence-electron chi connectivity index (χ0n) is 34.4. The van der Waals surface area contributed by atoms with Gasteiger partial charge in [0.25, 0.3) is 0 Å². The van der Waals surface area contributed by atoms with Gasteiger partial charge >= 0.3 is 12.1 Å². The minimum absolute atomic E-state index is 0.0857. The highest BCUT2D eigenvalue weighted by Gasteiger charge is 2.48. The van der Waals surface area contributed by atoms with Gasteiger partial charge in [0, 0.05) is 37.5 Å². The van der Waals surface area contributed by atoms with Gasteiger partial charge in [-0.05, 0) is 88.3 Å². The van der Waals surface area contributed by atoms with Gasteiger partial charge in [0.05, 0.1) is 36.9 Å². The number of carboxylic acid groups (broad SMARTS) is 1. The second-order valence-corrected chi connectivity index (χ2v) is 17.8. The van der Waals surface area contributed by atoms with E-state index in [0.717, 1.165) is 76.6 Å². The summed E-state index contributed by atoms with van der Waals surface area (Å²) in [6.45, 7) is 8.35. The van der Waals surface area contributed by atoms with Crippen LogP contribution in [0, 0.1) is 23.7 Å². The number of primary amides is 1. The number of allylic oxidation sites excluding steroid dienone is 1. The molecule has 0 spiro atoms. The first kappa shape index (κ1) is 43.0. The van der Waals surface area contributed by atoms with Crippen LogP contribution in [0.15, 0.2) is 23.8 Å². The number of carbonyl (C=O) groups is 4. The number of morpholine rings is 1. The number of nitrogens with zero attached hydrogens (tertiary/aromatic N) is 3. The van der Waals surface area contributed by atoms with E-state index in [1.54, 1.807) is 0 Å². The van der Waals surface area contributed by atoms with Crippen molar-refractivity contribution in [3.8, 4) is 11.5 Å². The smallest absolute Gasteiger partial charge is 0.408 e. The molecule has 3 heterocycles. The zero-order chi connectivity index (χ0) is 41.6. The van der Waals surface area contributed by atoms with Crippen molar-refractivity contribution in [3.63, 3.8) is 0 Å². The van der Waals surface area contributed by atoms with Gasteiger partial charge in [-0.15, -0.1) is 0 Å². The summed E-state index contributed by atoms with van der Waals surface area (Å²) in [6, 6.07) is 3.65. The SMILES string of the molecule is CC(C)=Cc1cc(O[C@@H]2C[C@@H](C(N)=O)N(C(=O)[C@H](CCCCCCC[C@@H]3C[C@@H]3C(=O)O)NC(=O)OC3C[C@@H]4C[C@@H]4C3)C2)c2ccc(OCCN3CCOCC3)c(Cl)c2n1. The topological polar surface area (TPSA) is 183 Å². The normalized spacial score (nSPS) is 26.5. The van der Waals surface area contributed by atoms with Gasteiger partial charge in [0.2, 0.25) is 11.8 Å². The number of ether oxygens (including phenoxy) is 4. The second kappa shape index (κ2) is 19.5. The summed E-state index contributed by atoms with van der Waals surface area (Å²) in [5.74, 6) is 0.635. The van der Waals surface area contributed by atoms with Crippen molar-refractivity contribution in [1.82, 2.24) is 20.1 Å². The third-order valence-electron chi connectivity index (χ3n) is 12.6. The standard InChI is InChI=1S/C44H60ClN5O9/c1-26(2)18-30-23-38(33-10-11-37(39(45)40(33)47-30)57-17-14-49-12-15-56-16-13-49)58-32-24-36(41(46)51)50(25-32)42(52)35(48-44(55)59-31-20-28-19-29(28)21-31)9-7-5-3-4-6-8-27-22-34(27)43(53)54/h10-11,18,23,27-29,31-32,34-36H,3-9,12-17,19-22,24-25H2,1-2H3,(H2,46,51)(H,48,55)(H,53,54)/t27-,28-,29+,31?,32-,34+,35+,36+/m1/s1. The lowest BCUT2D eigenvalue weighted by molar-refractivity contribution is -0.139. The predicted molar refractivity (Wildman–Crippen MR) is 222 cm³/mol. The van der Waals surface area contributed by atoms with Crippen molar-refractivity contribution in [2.24, 2.45) is 29.4 Å². The molecule has 5 fully saturated rings. The number of likely N-dealkylation sites (tertiary alicyclic amines) is 1. The molecule has 322 valence electrons. The van der Waals surface area contributed by atoms with Crippen LogP contribution < -0.4 is 20.5 Å². The molecule has 3 amide bonds. The number of carbonyl (C=O) groups excluding carboxylic acids is 3. The van der Waals surface area contributed by atoms with Gasteiger partial charge in [-0.1, -0.05) is 49.3 Å². The average molecular weight is 838 g/mol. The molecule has 7 rings (SSSR count). The molecule has 0 bridgehead atoms. The molecule has 14 nitrogen and oxygen atoms in total. The van der Waals surface area contributed by atoms with Crippen LogP contribution in [0.5, 0.6) is 11.5 Å². The van der Waals surface area contributed by atoms with E-state index in [2.05, 4.69) is 10.2 Å². The van der Waals surface area contributed by atoms with Gasteiger partial charge in [0.1, 0.15) is 47.4 Å². The van der Waals surface area contributed by atoms with Gasteiger partial charge in [0.15, 0.2) is 0 Å². The molecule has 3 aliphatic carbocycles. The lowest BCUT2D eigenvalue weighted by Crippen LogP contribution is -2.53. The number of pyridine rings is 1. The number of benzene rings is 1. The molecule has 15 heteroatoms. The number of hydrogen-bond acceptors (Lipinski definition) is 10. The highest BCUT2D eigenvalue weighted by atomic mass is 35.5. The first-order chi connectivity index (χ1) is 28.4. The number of aromatic nitrogens is 1. The third kappa shape index (κ3) is 11.4. The molecule has 2 aromatic rings. The highest BCUT2D eigenvalue weighted by Crippen LogP contribution is 2.52. The van der Waals surface area contributed by atoms with Crippen LogP contribution in [0.2, 0.25) is 5.02 Å². The average Bonchev–Trinajstić information content (AvgIpc) is 4.06. The number of hydrogen-bond donors (Lipinski definition) is 3. The van der Waals surface area contributed by atoms with Crippen LogP contribution >= 0.6 is 11.6 Å². The quantitative estimate of drug-likeness (QED) is 0.129. The number of nitrogens with one attached hydrogen (secondary N) is 1. The summed E-state index contributed by atoms with van der Waals surface area (Å²) in [5.41, 5.74) is 8.10. The van der Waals surface area contributed by atoms with E-state index in [-0.39, 0.29) is 25.0 Å². The van der Waals surface area contributed by atoms with Crippen molar-refractivity contribution in [1.29, 1.82) is 0 Å².